The van der Waals surface area contributed by atoms with Crippen molar-refractivity contribution in [1.82, 2.24) is 10.2 Å². The van der Waals surface area contributed by atoms with Crippen LogP contribution >= 0.6 is 0 Å². The molecule has 0 heterocycles. The first kappa shape index (κ1) is 27.4. The summed E-state index contributed by atoms with van der Waals surface area (Å²) in [7, 11) is 2.86. The fraction of sp³-hybridized carbons (Fsp3) is 0.375. The first-order valence-electron chi connectivity index (χ1n) is 10.6. The number of carbonyl (C=O) groups is 3. The van der Waals surface area contributed by atoms with E-state index in [4.69, 9.17) is 9.47 Å². The van der Waals surface area contributed by atoms with E-state index in [1.165, 1.54) is 30.2 Å². The van der Waals surface area contributed by atoms with Crippen LogP contribution in [0.1, 0.15) is 36.7 Å². The minimum atomic E-state index is -3.04. The predicted molar refractivity (Wildman–Crippen MR) is 125 cm³/mol. The molecule has 0 atom stereocenters. The molecule has 190 valence electrons. The van der Waals surface area contributed by atoms with Gasteiger partial charge in [-0.1, -0.05) is 12.1 Å². The van der Waals surface area contributed by atoms with Crippen molar-refractivity contribution in [3.05, 3.63) is 53.6 Å². The highest BCUT2D eigenvalue weighted by Crippen LogP contribution is 2.29. The highest BCUT2D eigenvalue weighted by Gasteiger charge is 2.20. The maximum atomic E-state index is 12.4. The van der Waals surface area contributed by atoms with E-state index >= 15 is 0 Å². The van der Waals surface area contributed by atoms with E-state index in [2.05, 4.69) is 15.4 Å². The molecule has 0 unspecified atom stereocenters. The van der Waals surface area contributed by atoms with Crippen LogP contribution in [0.25, 0.3) is 0 Å². The zero-order chi connectivity index (χ0) is 26.2. The molecule has 11 heteroatoms. The average molecular weight is 494 g/mol. The Morgan fingerprint density at radius 2 is 1.77 bits per heavy atom. The smallest absolute Gasteiger partial charge is 0.410 e. The van der Waals surface area contributed by atoms with Crippen molar-refractivity contribution in [2.75, 3.05) is 26.0 Å². The van der Waals surface area contributed by atoms with Crippen LogP contribution in [0.5, 0.6) is 11.5 Å². The summed E-state index contributed by atoms with van der Waals surface area (Å²) < 4.78 is 39.5. The molecule has 3 amide bonds. The van der Waals surface area contributed by atoms with E-state index in [0.717, 1.165) is 5.56 Å². The van der Waals surface area contributed by atoms with E-state index in [9.17, 15) is 23.2 Å². The van der Waals surface area contributed by atoms with E-state index in [-0.39, 0.29) is 30.2 Å². The molecule has 0 radical (unpaired) electrons. The van der Waals surface area contributed by atoms with Crippen LogP contribution in [0.4, 0.5) is 19.3 Å². The Morgan fingerprint density at radius 1 is 1.06 bits per heavy atom. The fourth-order valence-electron chi connectivity index (χ4n) is 2.90. The molecule has 0 saturated carbocycles. The Balaban J connectivity index is 1.92. The van der Waals surface area contributed by atoms with E-state index in [1.807, 2.05) is 0 Å². The SMILES string of the molecule is COc1cc(C(=O)NCC(=O)Nc2cccc(CN(C)C(=O)OC(C)(C)C)c2)ccc1OC(F)F. The number of amides is 3. The molecule has 35 heavy (non-hydrogen) atoms. The molecule has 0 saturated heterocycles. The highest BCUT2D eigenvalue weighted by atomic mass is 19.3. The van der Waals surface area contributed by atoms with Gasteiger partial charge in [0.2, 0.25) is 5.91 Å². The predicted octanol–water partition coefficient (Wildman–Crippen LogP) is 4.03. The fourth-order valence-corrected chi connectivity index (χ4v) is 2.90. The number of nitrogens with zero attached hydrogens (tertiary/aromatic N) is 1. The molecule has 2 rings (SSSR count). The summed E-state index contributed by atoms with van der Waals surface area (Å²) in [5.41, 5.74) is 0.731. The molecule has 2 aromatic rings. The summed E-state index contributed by atoms with van der Waals surface area (Å²) in [6, 6.07) is 10.6. The third kappa shape index (κ3) is 9.11. The van der Waals surface area contributed by atoms with Gasteiger partial charge in [-0.3, -0.25) is 9.59 Å². The van der Waals surface area contributed by atoms with Crippen molar-refractivity contribution in [3.63, 3.8) is 0 Å². The zero-order valence-electron chi connectivity index (χ0n) is 20.2. The van der Waals surface area contributed by atoms with Crippen molar-refractivity contribution >= 4 is 23.6 Å². The number of halogens is 2. The van der Waals surface area contributed by atoms with E-state index in [1.54, 1.807) is 52.1 Å². The lowest BCUT2D eigenvalue weighted by Crippen LogP contribution is -2.34. The minimum Gasteiger partial charge on any atom is -0.493 e. The Morgan fingerprint density at radius 3 is 2.40 bits per heavy atom. The standard InChI is InChI=1S/C24H29F2N3O6/c1-24(2,3)35-23(32)29(4)14-15-7-6-8-17(11-15)28-20(30)13-27-21(31)16-9-10-18(34-22(25)26)19(12-16)33-5/h6-12,22H,13-14H2,1-5H3,(H,27,31)(H,28,30). The van der Waals surface area contributed by atoms with Crippen LogP contribution in [-0.2, 0) is 16.1 Å². The Labute approximate surface area is 202 Å². The molecule has 9 nitrogen and oxygen atoms in total. The van der Waals surface area contributed by atoms with Crippen LogP contribution in [0.2, 0.25) is 0 Å². The Bertz CT molecular complexity index is 1060. The van der Waals surface area contributed by atoms with E-state index < -0.39 is 30.1 Å². The van der Waals surface area contributed by atoms with Gasteiger partial charge in [-0.25, -0.2) is 4.79 Å². The van der Waals surface area contributed by atoms with Crippen LogP contribution < -0.4 is 20.1 Å². The minimum absolute atomic E-state index is 0.0458. The van der Waals surface area contributed by atoms with E-state index in [0.29, 0.717) is 5.69 Å². The quantitative estimate of drug-likeness (QED) is 0.546. The molecule has 2 aromatic carbocycles. The summed E-state index contributed by atoms with van der Waals surface area (Å²) in [6.45, 7) is 2.23. The second-order valence-electron chi connectivity index (χ2n) is 8.51. The van der Waals surface area contributed by atoms with Crippen LogP contribution in [0.15, 0.2) is 42.5 Å². The second kappa shape index (κ2) is 12.0. The monoisotopic (exact) mass is 493 g/mol. The van der Waals surface area contributed by atoms with Crippen molar-refractivity contribution in [3.8, 4) is 11.5 Å². The number of alkyl halides is 2. The maximum Gasteiger partial charge on any atom is 0.410 e. The van der Waals surface area contributed by atoms with Gasteiger partial charge in [0.25, 0.3) is 5.91 Å². The Kier molecular flexibility index (Phi) is 9.38. The summed E-state index contributed by atoms with van der Waals surface area (Å²) in [5, 5.41) is 5.12. The largest absolute Gasteiger partial charge is 0.493 e. The second-order valence-corrected chi connectivity index (χ2v) is 8.51. The number of anilines is 1. The molecule has 0 aliphatic heterocycles. The molecule has 0 fully saturated rings. The summed E-state index contributed by atoms with van der Waals surface area (Å²) in [5.74, 6) is -1.35. The first-order chi connectivity index (χ1) is 16.4. The number of benzene rings is 2. The van der Waals surface area contributed by atoms with Crippen molar-refractivity contribution in [2.45, 2.75) is 39.5 Å². The summed E-state index contributed by atoms with van der Waals surface area (Å²) in [4.78, 5) is 38.2. The summed E-state index contributed by atoms with van der Waals surface area (Å²) in [6.07, 6.45) is -0.472. The molecular weight excluding hydrogens is 464 g/mol. The van der Waals surface area contributed by atoms with Crippen LogP contribution in [0, 0.1) is 0 Å². The molecular formula is C24H29F2N3O6. The van der Waals surface area contributed by atoms with Gasteiger partial charge >= 0.3 is 12.7 Å². The van der Waals surface area contributed by atoms with Gasteiger partial charge in [0, 0.05) is 24.8 Å². The van der Waals surface area contributed by atoms with Crippen molar-refractivity contribution < 1.29 is 37.4 Å². The molecule has 0 spiro atoms. The molecule has 0 aromatic heterocycles. The topological polar surface area (TPSA) is 106 Å². The third-order valence-corrected chi connectivity index (χ3v) is 4.39. The van der Waals surface area contributed by atoms with Gasteiger partial charge in [-0.05, 0) is 56.7 Å². The number of methoxy groups -OCH3 is 1. The maximum absolute atomic E-state index is 12.4. The van der Waals surface area contributed by atoms with Gasteiger partial charge in [0.15, 0.2) is 11.5 Å². The average Bonchev–Trinajstić information content (AvgIpc) is 2.76. The van der Waals surface area contributed by atoms with Gasteiger partial charge in [0.1, 0.15) is 5.60 Å². The van der Waals surface area contributed by atoms with Crippen LogP contribution in [-0.4, -0.2) is 55.7 Å². The molecule has 2 N–H and O–H groups in total. The van der Waals surface area contributed by atoms with Gasteiger partial charge in [-0.15, -0.1) is 0 Å². The normalized spacial score (nSPS) is 11.0. The zero-order valence-corrected chi connectivity index (χ0v) is 20.2. The number of carbonyl (C=O) groups excluding carboxylic acids is 3. The van der Waals surface area contributed by atoms with Crippen molar-refractivity contribution in [2.24, 2.45) is 0 Å². The molecule has 0 bridgehead atoms. The number of nitrogens with one attached hydrogen (secondary N) is 2. The Hall–Kier alpha value is -3.89. The molecule has 0 aliphatic rings. The lowest BCUT2D eigenvalue weighted by atomic mass is 10.2. The number of rotatable bonds is 9. The first-order valence-corrected chi connectivity index (χ1v) is 10.6. The highest BCUT2D eigenvalue weighted by molar-refractivity contribution is 5.99. The van der Waals surface area contributed by atoms with Crippen LogP contribution in [0.3, 0.4) is 0 Å². The van der Waals surface area contributed by atoms with Gasteiger partial charge in [-0.2, -0.15) is 8.78 Å². The van der Waals surface area contributed by atoms with Crippen molar-refractivity contribution in [1.29, 1.82) is 0 Å². The third-order valence-electron chi connectivity index (χ3n) is 4.39. The number of ether oxygens (including phenoxy) is 3. The van der Waals surface area contributed by atoms with Gasteiger partial charge in [0.05, 0.1) is 13.7 Å². The lowest BCUT2D eigenvalue weighted by molar-refractivity contribution is -0.115. The summed E-state index contributed by atoms with van der Waals surface area (Å²) >= 11 is 0. The number of hydrogen-bond acceptors (Lipinski definition) is 6. The number of hydrogen-bond donors (Lipinski definition) is 2. The lowest BCUT2D eigenvalue weighted by Gasteiger charge is -2.24. The van der Waals surface area contributed by atoms with Gasteiger partial charge < -0.3 is 29.7 Å². The molecule has 0 aliphatic carbocycles.